The molecule has 2 aromatic carbocycles. The van der Waals surface area contributed by atoms with E-state index in [4.69, 9.17) is 4.74 Å². The molecule has 2 aromatic rings. The maximum Gasteiger partial charge on any atom is 0.315 e. The number of benzene rings is 2. The van der Waals surface area contributed by atoms with E-state index in [1.807, 2.05) is 6.92 Å². The Morgan fingerprint density at radius 2 is 1.81 bits per heavy atom. The highest BCUT2D eigenvalue weighted by molar-refractivity contribution is 6.09. The second kappa shape index (κ2) is 5.62. The van der Waals surface area contributed by atoms with Gasteiger partial charge in [0.15, 0.2) is 11.5 Å². The standard InChI is InChI=1S/C15H13NO5/c1-9-3-5-10(6-4-9)14(17)11-7-12(16(19)20)15(18)13(8-11)21-2/h3-8,18H,1-2H3. The molecule has 0 bridgehead atoms. The molecule has 0 aliphatic carbocycles. The number of aromatic hydroxyl groups is 1. The van der Waals surface area contributed by atoms with E-state index in [-0.39, 0.29) is 17.1 Å². The van der Waals surface area contributed by atoms with Gasteiger partial charge in [0.25, 0.3) is 0 Å². The average Bonchev–Trinajstić information content (AvgIpc) is 2.47. The Hall–Kier alpha value is -2.89. The van der Waals surface area contributed by atoms with Crippen molar-refractivity contribution < 1.29 is 19.6 Å². The van der Waals surface area contributed by atoms with Gasteiger partial charge >= 0.3 is 5.69 Å². The number of carbonyl (C=O) groups excluding carboxylic acids is 1. The van der Waals surface area contributed by atoms with Crippen molar-refractivity contribution in [3.8, 4) is 11.5 Å². The number of nitro benzene ring substituents is 1. The van der Waals surface area contributed by atoms with Crippen LogP contribution in [-0.4, -0.2) is 22.9 Å². The minimum absolute atomic E-state index is 0.0835. The third kappa shape index (κ3) is 2.84. The summed E-state index contributed by atoms with van der Waals surface area (Å²) in [5, 5.41) is 20.6. The molecular weight excluding hydrogens is 274 g/mol. The molecule has 0 atom stereocenters. The van der Waals surface area contributed by atoms with Gasteiger partial charge in [0.2, 0.25) is 5.75 Å². The summed E-state index contributed by atoms with van der Waals surface area (Å²) in [4.78, 5) is 22.5. The van der Waals surface area contributed by atoms with E-state index >= 15 is 0 Å². The summed E-state index contributed by atoms with van der Waals surface area (Å²) in [7, 11) is 1.26. The van der Waals surface area contributed by atoms with E-state index in [2.05, 4.69) is 0 Å². The van der Waals surface area contributed by atoms with Gasteiger partial charge in [0.1, 0.15) is 0 Å². The summed E-state index contributed by atoms with van der Waals surface area (Å²) in [5.41, 5.74) is 0.925. The van der Waals surface area contributed by atoms with Gasteiger partial charge in [-0.15, -0.1) is 0 Å². The molecule has 0 aliphatic rings. The molecule has 6 nitrogen and oxygen atoms in total. The first-order valence-electron chi connectivity index (χ1n) is 6.10. The van der Waals surface area contributed by atoms with Crippen LogP contribution in [0.15, 0.2) is 36.4 Å². The van der Waals surface area contributed by atoms with Crippen molar-refractivity contribution in [3.63, 3.8) is 0 Å². The van der Waals surface area contributed by atoms with Crippen molar-refractivity contribution in [2.24, 2.45) is 0 Å². The Morgan fingerprint density at radius 1 is 1.19 bits per heavy atom. The molecule has 0 fully saturated rings. The van der Waals surface area contributed by atoms with Crippen LogP contribution in [0, 0.1) is 17.0 Å². The SMILES string of the molecule is COc1cc(C(=O)c2ccc(C)cc2)cc([N+](=O)[O-])c1O. The van der Waals surface area contributed by atoms with Crippen LogP contribution < -0.4 is 4.74 Å². The third-order valence-corrected chi connectivity index (χ3v) is 3.05. The molecule has 21 heavy (non-hydrogen) atoms. The Labute approximate surface area is 120 Å². The number of ether oxygens (including phenoxy) is 1. The molecule has 6 heteroatoms. The number of nitro groups is 1. The molecule has 0 unspecified atom stereocenters. The van der Waals surface area contributed by atoms with E-state index < -0.39 is 16.4 Å². The van der Waals surface area contributed by atoms with Crippen LogP contribution >= 0.6 is 0 Å². The van der Waals surface area contributed by atoms with E-state index in [1.165, 1.54) is 13.2 Å². The molecule has 0 heterocycles. The average molecular weight is 287 g/mol. The number of hydrogen-bond acceptors (Lipinski definition) is 5. The highest BCUT2D eigenvalue weighted by Crippen LogP contribution is 2.37. The summed E-state index contributed by atoms with van der Waals surface area (Å²) in [5.74, 6) is -1.08. The van der Waals surface area contributed by atoms with Gasteiger partial charge in [-0.25, -0.2) is 0 Å². The minimum Gasteiger partial charge on any atom is -0.500 e. The number of aryl methyl sites for hydroxylation is 1. The molecular formula is C15H13NO5. The summed E-state index contributed by atoms with van der Waals surface area (Å²) in [6.07, 6.45) is 0. The highest BCUT2D eigenvalue weighted by atomic mass is 16.6. The van der Waals surface area contributed by atoms with E-state index in [0.717, 1.165) is 11.6 Å². The Bertz CT molecular complexity index is 707. The van der Waals surface area contributed by atoms with Crippen LogP contribution in [0.5, 0.6) is 11.5 Å². The molecule has 0 radical (unpaired) electrons. The fourth-order valence-electron chi connectivity index (χ4n) is 1.89. The Morgan fingerprint density at radius 3 is 2.33 bits per heavy atom. The first-order chi connectivity index (χ1) is 9.93. The summed E-state index contributed by atoms with van der Waals surface area (Å²) < 4.78 is 4.87. The normalized spacial score (nSPS) is 10.2. The third-order valence-electron chi connectivity index (χ3n) is 3.05. The summed E-state index contributed by atoms with van der Waals surface area (Å²) in [6, 6.07) is 9.16. The number of nitrogens with zero attached hydrogens (tertiary/aromatic N) is 1. The van der Waals surface area contributed by atoms with Crippen molar-refractivity contribution in [3.05, 3.63) is 63.2 Å². The minimum atomic E-state index is -0.760. The van der Waals surface area contributed by atoms with Crippen molar-refractivity contribution in [2.75, 3.05) is 7.11 Å². The van der Waals surface area contributed by atoms with E-state index in [9.17, 15) is 20.0 Å². The first kappa shape index (κ1) is 14.5. The molecule has 0 saturated carbocycles. The Balaban J connectivity index is 2.53. The number of phenols is 1. The molecule has 2 rings (SSSR count). The van der Waals surface area contributed by atoms with Gasteiger partial charge < -0.3 is 9.84 Å². The maximum absolute atomic E-state index is 12.4. The van der Waals surface area contributed by atoms with Gasteiger partial charge in [-0.3, -0.25) is 14.9 Å². The van der Waals surface area contributed by atoms with Gasteiger partial charge in [-0.05, 0) is 13.0 Å². The largest absolute Gasteiger partial charge is 0.500 e. The lowest BCUT2D eigenvalue weighted by molar-refractivity contribution is -0.386. The van der Waals surface area contributed by atoms with Crippen LogP contribution in [0.4, 0.5) is 5.69 Å². The van der Waals surface area contributed by atoms with Crippen LogP contribution in [-0.2, 0) is 0 Å². The zero-order valence-electron chi connectivity index (χ0n) is 11.5. The van der Waals surface area contributed by atoms with Gasteiger partial charge in [0, 0.05) is 17.2 Å². The van der Waals surface area contributed by atoms with Crippen molar-refractivity contribution >= 4 is 11.5 Å². The number of hydrogen-bond donors (Lipinski definition) is 1. The van der Waals surface area contributed by atoms with Crippen LogP contribution in [0.1, 0.15) is 21.5 Å². The number of phenolic OH excluding ortho intramolecular Hbond substituents is 1. The number of rotatable bonds is 4. The molecule has 0 saturated heterocycles. The van der Waals surface area contributed by atoms with Crippen molar-refractivity contribution in [2.45, 2.75) is 6.92 Å². The Kier molecular flexibility index (Phi) is 3.89. The smallest absolute Gasteiger partial charge is 0.315 e. The lowest BCUT2D eigenvalue weighted by Gasteiger charge is -2.07. The first-order valence-corrected chi connectivity index (χ1v) is 6.10. The van der Waals surface area contributed by atoms with Crippen LogP contribution in [0.2, 0.25) is 0 Å². The monoisotopic (exact) mass is 287 g/mol. The predicted molar refractivity (Wildman–Crippen MR) is 75.9 cm³/mol. The topological polar surface area (TPSA) is 89.7 Å². The molecule has 0 spiro atoms. The number of methoxy groups -OCH3 is 1. The molecule has 108 valence electrons. The van der Waals surface area contributed by atoms with Crippen LogP contribution in [0.3, 0.4) is 0 Å². The second-order valence-electron chi connectivity index (χ2n) is 4.50. The number of ketones is 1. The molecule has 0 amide bonds. The van der Waals surface area contributed by atoms with Crippen molar-refractivity contribution in [1.29, 1.82) is 0 Å². The van der Waals surface area contributed by atoms with Crippen molar-refractivity contribution in [1.82, 2.24) is 0 Å². The zero-order valence-corrected chi connectivity index (χ0v) is 11.5. The maximum atomic E-state index is 12.4. The predicted octanol–water partition coefficient (Wildman–Crippen LogP) is 2.85. The zero-order chi connectivity index (χ0) is 15.6. The quantitative estimate of drug-likeness (QED) is 0.530. The molecule has 1 N–H and O–H groups in total. The summed E-state index contributed by atoms with van der Waals surface area (Å²) >= 11 is 0. The second-order valence-corrected chi connectivity index (χ2v) is 4.50. The summed E-state index contributed by atoms with van der Waals surface area (Å²) in [6.45, 7) is 1.89. The van der Waals surface area contributed by atoms with Gasteiger partial charge in [-0.1, -0.05) is 29.8 Å². The van der Waals surface area contributed by atoms with Gasteiger partial charge in [0.05, 0.1) is 12.0 Å². The fraction of sp³-hybridized carbons (Fsp3) is 0.133. The molecule has 0 aromatic heterocycles. The lowest BCUT2D eigenvalue weighted by atomic mass is 10.0. The lowest BCUT2D eigenvalue weighted by Crippen LogP contribution is -2.03. The fourth-order valence-corrected chi connectivity index (χ4v) is 1.89. The van der Waals surface area contributed by atoms with E-state index in [1.54, 1.807) is 24.3 Å². The highest BCUT2D eigenvalue weighted by Gasteiger charge is 2.22. The van der Waals surface area contributed by atoms with Gasteiger partial charge in [-0.2, -0.15) is 0 Å². The molecule has 0 aliphatic heterocycles. The number of carbonyl (C=O) groups is 1. The van der Waals surface area contributed by atoms with E-state index in [0.29, 0.717) is 5.56 Å². The van der Waals surface area contributed by atoms with Crippen LogP contribution in [0.25, 0.3) is 0 Å².